The van der Waals surface area contributed by atoms with Crippen molar-refractivity contribution in [2.45, 2.75) is 106 Å². The lowest BCUT2D eigenvalue weighted by atomic mass is 9.79. The second-order valence-corrected chi connectivity index (χ2v) is 17.5. The summed E-state index contributed by atoms with van der Waals surface area (Å²) in [6.45, 7) is 25.7. The molecule has 51 heavy (non-hydrogen) atoms. The first kappa shape index (κ1) is 33.6. The molecule has 2 aliphatic rings. The zero-order valence-electron chi connectivity index (χ0n) is 32.8. The maximum Gasteiger partial charge on any atom is 0.418 e. The van der Waals surface area contributed by atoms with Crippen LogP contribution in [0.15, 0.2) is 78.8 Å². The van der Waals surface area contributed by atoms with Gasteiger partial charge in [0.15, 0.2) is 18.0 Å². The molecule has 4 heterocycles. The van der Waals surface area contributed by atoms with Crippen LogP contribution in [-0.2, 0) is 24.7 Å². The van der Waals surface area contributed by atoms with Gasteiger partial charge in [-0.1, -0.05) is 97.0 Å². The number of hydrogen-bond donors (Lipinski definition) is 0. The van der Waals surface area contributed by atoms with Crippen molar-refractivity contribution in [1.29, 1.82) is 0 Å². The third-order valence-corrected chi connectivity index (χ3v) is 11.5. The van der Waals surface area contributed by atoms with Crippen molar-refractivity contribution < 1.29 is 9.14 Å². The lowest BCUT2D eigenvalue weighted by Crippen LogP contribution is -2.73. The van der Waals surface area contributed by atoms with Crippen molar-refractivity contribution >= 4 is 49.7 Å². The Hall–Kier alpha value is -4.51. The van der Waals surface area contributed by atoms with Gasteiger partial charge in [-0.3, -0.25) is 4.90 Å². The maximum atomic E-state index is 5.56. The van der Waals surface area contributed by atoms with Crippen LogP contribution < -0.4 is 4.57 Å². The minimum atomic E-state index is -0.662. The first-order chi connectivity index (χ1) is 24.2. The van der Waals surface area contributed by atoms with Crippen molar-refractivity contribution in [3.63, 3.8) is 0 Å². The van der Waals surface area contributed by atoms with Crippen molar-refractivity contribution in [2.24, 2.45) is 18.9 Å². The summed E-state index contributed by atoms with van der Waals surface area (Å²) in [5.41, 5.74) is 11.5. The average Bonchev–Trinajstić information content (AvgIpc) is 3.52. The van der Waals surface area contributed by atoms with E-state index in [1.165, 1.54) is 71.5 Å². The van der Waals surface area contributed by atoms with E-state index >= 15 is 0 Å². The highest BCUT2D eigenvalue weighted by molar-refractivity contribution is 6.16. The molecule has 0 aliphatic carbocycles. The summed E-state index contributed by atoms with van der Waals surface area (Å²) in [7, 11) is 2.27. The zero-order valence-corrected chi connectivity index (χ0v) is 32.8. The van der Waals surface area contributed by atoms with Gasteiger partial charge in [-0.2, -0.15) is 4.58 Å². The monoisotopic (exact) mass is 677 g/mol. The van der Waals surface area contributed by atoms with Gasteiger partial charge < -0.3 is 4.57 Å². The van der Waals surface area contributed by atoms with E-state index in [4.69, 9.17) is 4.98 Å². The van der Waals surface area contributed by atoms with Gasteiger partial charge >= 0.3 is 5.79 Å². The number of hydrogen-bond acceptors (Lipinski definition) is 2. The highest BCUT2D eigenvalue weighted by atomic mass is 15.5. The molecular formula is C46H55N5+2. The number of rotatable bonds is 5. The molecule has 1 atom stereocenters. The molecule has 0 amide bonds. The zero-order chi connectivity index (χ0) is 36.3. The first-order valence-corrected chi connectivity index (χ1v) is 19.1. The van der Waals surface area contributed by atoms with E-state index in [1.807, 2.05) is 0 Å². The summed E-state index contributed by atoms with van der Waals surface area (Å²) in [5.74, 6) is 0.244. The summed E-state index contributed by atoms with van der Waals surface area (Å²) in [6.07, 6.45) is 8.09. The predicted molar refractivity (Wildman–Crippen MR) is 215 cm³/mol. The molecule has 5 heteroatoms. The molecule has 4 aromatic carbocycles. The minimum Gasteiger partial charge on any atom is -0.337 e. The largest absolute Gasteiger partial charge is 0.418 e. The lowest BCUT2D eigenvalue weighted by molar-refractivity contribution is -0.942. The quantitative estimate of drug-likeness (QED) is 0.170. The highest BCUT2D eigenvalue weighted by Gasteiger charge is 2.65. The molecule has 8 rings (SSSR count). The van der Waals surface area contributed by atoms with Crippen molar-refractivity contribution in [1.82, 2.24) is 14.5 Å². The van der Waals surface area contributed by atoms with Gasteiger partial charge in [-0.15, -0.1) is 4.57 Å². The van der Waals surface area contributed by atoms with Crippen molar-refractivity contribution in [3.05, 3.63) is 95.5 Å². The Labute approximate surface area is 303 Å². The normalized spacial score (nSPS) is 17.7. The Kier molecular flexibility index (Phi) is 7.58. The summed E-state index contributed by atoms with van der Waals surface area (Å²) < 4.78 is 7.63. The Bertz CT molecular complexity index is 2460. The SMILES string of the molecule is CC(C)Cc1c2ccccc2cc2c1c1nc[n+]3c(c1n2C)-c1cc(C(C)(C)C)c2ccccc2c1C31N(C(C)C)C=C(C(C)C)C=[N+]1C(C)C. The minimum absolute atomic E-state index is 0.0542. The van der Waals surface area contributed by atoms with Crippen LogP contribution in [0.1, 0.15) is 92.9 Å². The van der Waals surface area contributed by atoms with E-state index in [0.717, 1.165) is 11.9 Å². The van der Waals surface area contributed by atoms with Crippen LogP contribution in [0.5, 0.6) is 0 Å². The van der Waals surface area contributed by atoms with Crippen LogP contribution in [0.3, 0.4) is 0 Å². The van der Waals surface area contributed by atoms with E-state index < -0.39 is 5.79 Å². The molecular weight excluding hydrogens is 623 g/mol. The van der Waals surface area contributed by atoms with Crippen molar-refractivity contribution in [3.8, 4) is 11.3 Å². The third-order valence-electron chi connectivity index (χ3n) is 11.5. The van der Waals surface area contributed by atoms with E-state index in [-0.39, 0.29) is 17.5 Å². The standard InChI is InChI=1S/C46H55N5/c1-27(2)21-36-33-18-14-13-17-31(33)22-39-40(36)42-44(48(39)12)43-37-23-38(45(9,10)11)34-19-15-16-20-35(34)41(37)46(51(43)26-47-42)49(29(5)6)24-32(28(3)4)25-50(46)30(7)8/h13-20,22-30H,21H2,1-12H3/q+2. The molecule has 5 nitrogen and oxygen atoms in total. The van der Waals surface area contributed by atoms with Crippen molar-refractivity contribution in [2.75, 3.05) is 0 Å². The van der Waals surface area contributed by atoms with Gasteiger partial charge in [0.1, 0.15) is 11.1 Å². The molecule has 1 spiro atoms. The topological polar surface area (TPSA) is 27.9 Å². The second kappa shape index (κ2) is 11.5. The molecule has 0 N–H and O–H groups in total. The van der Waals surface area contributed by atoms with E-state index in [1.54, 1.807) is 0 Å². The van der Waals surface area contributed by atoms with E-state index in [0.29, 0.717) is 11.8 Å². The number of fused-ring (bicyclic) bond motifs is 12. The fourth-order valence-corrected chi connectivity index (χ4v) is 9.29. The Morgan fingerprint density at radius 3 is 2.14 bits per heavy atom. The number of aryl methyl sites for hydroxylation is 1. The molecule has 1 unspecified atom stereocenters. The number of aromatic nitrogens is 3. The van der Waals surface area contributed by atoms with Gasteiger partial charge in [0.25, 0.3) is 6.33 Å². The predicted octanol–water partition coefficient (Wildman–Crippen LogP) is 10.2. The fraction of sp³-hybridized carbons (Fsp3) is 0.413. The number of allylic oxidation sites excluding steroid dienone is 1. The molecule has 0 fully saturated rings. The number of benzene rings is 4. The van der Waals surface area contributed by atoms with Gasteiger partial charge in [-0.05, 0) is 101 Å². The molecule has 0 radical (unpaired) electrons. The second-order valence-electron chi connectivity index (χ2n) is 17.5. The molecule has 6 aromatic rings. The van der Waals surface area contributed by atoms with Gasteiger partial charge in [0, 0.05) is 30.4 Å². The van der Waals surface area contributed by atoms with Crippen LogP contribution >= 0.6 is 0 Å². The fourth-order valence-electron chi connectivity index (χ4n) is 9.29. The molecule has 0 saturated heterocycles. The first-order valence-electron chi connectivity index (χ1n) is 19.1. The third kappa shape index (κ3) is 4.62. The smallest absolute Gasteiger partial charge is 0.337 e. The average molecular weight is 678 g/mol. The Balaban J connectivity index is 1.64. The summed E-state index contributed by atoms with van der Waals surface area (Å²) in [4.78, 5) is 8.19. The van der Waals surface area contributed by atoms with Crippen LogP contribution in [0.4, 0.5) is 0 Å². The molecule has 2 aliphatic heterocycles. The summed E-state index contributed by atoms with van der Waals surface area (Å²) >= 11 is 0. The highest BCUT2D eigenvalue weighted by Crippen LogP contribution is 2.52. The Morgan fingerprint density at radius 2 is 1.51 bits per heavy atom. The Morgan fingerprint density at radius 1 is 0.843 bits per heavy atom. The maximum absolute atomic E-state index is 5.56. The molecule has 262 valence electrons. The van der Waals surface area contributed by atoms with Gasteiger partial charge in [-0.25, -0.2) is 0 Å². The van der Waals surface area contributed by atoms with Crippen LogP contribution in [0.25, 0.3) is 54.7 Å². The van der Waals surface area contributed by atoms with Crippen LogP contribution in [0, 0.1) is 11.8 Å². The van der Waals surface area contributed by atoms with E-state index in [2.05, 4.69) is 181 Å². The van der Waals surface area contributed by atoms with Gasteiger partial charge in [0.05, 0.1) is 10.9 Å². The van der Waals surface area contributed by atoms with Crippen LogP contribution in [0.2, 0.25) is 0 Å². The summed E-state index contributed by atoms with van der Waals surface area (Å²) in [6, 6.07) is 23.4. The lowest BCUT2D eigenvalue weighted by Gasteiger charge is -2.42. The van der Waals surface area contributed by atoms with Crippen LogP contribution in [-0.4, -0.2) is 37.3 Å². The van der Waals surface area contributed by atoms with E-state index in [9.17, 15) is 0 Å². The van der Waals surface area contributed by atoms with Gasteiger partial charge in [0.2, 0.25) is 5.52 Å². The molecule has 0 saturated carbocycles. The number of nitrogens with zero attached hydrogens (tertiary/aromatic N) is 5. The molecule has 0 bridgehead atoms. The summed E-state index contributed by atoms with van der Waals surface area (Å²) in [5, 5.41) is 6.56. The molecule has 2 aromatic heterocycles.